The Balaban J connectivity index is 1.51. The highest BCUT2D eigenvalue weighted by molar-refractivity contribution is 5.83. The molecular formula is C19H23NO2. The number of benzene rings is 1. The topological polar surface area (TPSA) is 42.1 Å². The highest BCUT2D eigenvalue weighted by atomic mass is 16.5. The fraction of sp³-hybridized carbons (Fsp3) is 0.526. The van der Waals surface area contributed by atoms with Gasteiger partial charge in [-0.1, -0.05) is 0 Å². The molecule has 3 heteroatoms. The summed E-state index contributed by atoms with van der Waals surface area (Å²) < 4.78 is 6.27. The number of ether oxygens (including phenoxy) is 1. The van der Waals surface area contributed by atoms with Gasteiger partial charge in [0.25, 0.3) is 5.56 Å². The van der Waals surface area contributed by atoms with E-state index in [0.29, 0.717) is 6.10 Å². The van der Waals surface area contributed by atoms with E-state index in [2.05, 4.69) is 4.98 Å². The summed E-state index contributed by atoms with van der Waals surface area (Å²) >= 11 is 0. The number of aromatic nitrogens is 1. The highest BCUT2D eigenvalue weighted by Crippen LogP contribution is 2.44. The van der Waals surface area contributed by atoms with Gasteiger partial charge >= 0.3 is 0 Å². The largest absolute Gasteiger partial charge is 0.490 e. The summed E-state index contributed by atoms with van der Waals surface area (Å²) in [5.41, 5.74) is 1.02. The third kappa shape index (κ3) is 2.65. The van der Waals surface area contributed by atoms with E-state index in [1.54, 1.807) is 6.20 Å². The average molecular weight is 297 g/mol. The number of aromatic amines is 1. The minimum atomic E-state index is -0.0305. The van der Waals surface area contributed by atoms with E-state index >= 15 is 0 Å². The van der Waals surface area contributed by atoms with Crippen molar-refractivity contribution in [2.75, 3.05) is 0 Å². The lowest BCUT2D eigenvalue weighted by atomic mass is 9.84. The molecule has 3 nitrogen and oxygen atoms in total. The van der Waals surface area contributed by atoms with Gasteiger partial charge in [-0.2, -0.15) is 0 Å². The van der Waals surface area contributed by atoms with Gasteiger partial charge in [0.1, 0.15) is 5.75 Å². The molecule has 2 saturated carbocycles. The Morgan fingerprint density at radius 1 is 1.05 bits per heavy atom. The van der Waals surface area contributed by atoms with E-state index in [4.69, 9.17) is 4.74 Å². The molecule has 1 N–H and O–H groups in total. The first-order valence-electron chi connectivity index (χ1n) is 8.49. The third-order valence-electron chi connectivity index (χ3n) is 5.37. The standard InChI is InChI=1S/C19H23NO2/c1-12-10-17-15(8-9-20-19(17)21)11-18(12)22-16-6-4-14(5-7-16)13-2-3-13/h8-11,13-14,16H,2-7H2,1H3,(H,20,21). The Morgan fingerprint density at radius 2 is 1.73 bits per heavy atom. The van der Waals surface area contributed by atoms with E-state index in [1.807, 2.05) is 25.1 Å². The number of fused-ring (bicyclic) bond motifs is 1. The van der Waals surface area contributed by atoms with E-state index in [-0.39, 0.29) is 5.56 Å². The lowest BCUT2D eigenvalue weighted by Crippen LogP contribution is -2.25. The predicted molar refractivity (Wildman–Crippen MR) is 88.4 cm³/mol. The van der Waals surface area contributed by atoms with Crippen LogP contribution in [0.25, 0.3) is 10.8 Å². The molecule has 0 spiro atoms. The SMILES string of the molecule is Cc1cc2c(=O)[nH]ccc2cc1OC1CCC(C2CC2)CC1. The first-order valence-corrected chi connectivity index (χ1v) is 8.49. The van der Waals surface area contributed by atoms with Crippen molar-refractivity contribution >= 4 is 10.8 Å². The molecular weight excluding hydrogens is 274 g/mol. The molecule has 116 valence electrons. The summed E-state index contributed by atoms with van der Waals surface area (Å²) in [4.78, 5) is 14.6. The van der Waals surface area contributed by atoms with Crippen LogP contribution in [0.3, 0.4) is 0 Å². The zero-order valence-corrected chi connectivity index (χ0v) is 13.1. The summed E-state index contributed by atoms with van der Waals surface area (Å²) in [5, 5.41) is 1.70. The van der Waals surface area contributed by atoms with Crippen LogP contribution in [0.1, 0.15) is 44.1 Å². The summed E-state index contributed by atoms with van der Waals surface area (Å²) in [5.74, 6) is 2.92. The zero-order chi connectivity index (χ0) is 15.1. The predicted octanol–water partition coefficient (Wildman–Crippen LogP) is 4.18. The molecule has 0 atom stereocenters. The molecule has 1 heterocycles. The molecule has 0 saturated heterocycles. The van der Waals surface area contributed by atoms with E-state index in [1.165, 1.54) is 38.5 Å². The van der Waals surface area contributed by atoms with Crippen molar-refractivity contribution in [3.05, 3.63) is 40.3 Å². The molecule has 2 aliphatic rings. The van der Waals surface area contributed by atoms with Crippen molar-refractivity contribution < 1.29 is 4.74 Å². The van der Waals surface area contributed by atoms with Crippen molar-refractivity contribution in [3.8, 4) is 5.75 Å². The Morgan fingerprint density at radius 3 is 2.41 bits per heavy atom. The van der Waals surface area contributed by atoms with Crippen LogP contribution in [0.15, 0.2) is 29.2 Å². The quantitative estimate of drug-likeness (QED) is 0.923. The van der Waals surface area contributed by atoms with Gasteiger partial charge in [0.15, 0.2) is 0 Å². The van der Waals surface area contributed by atoms with Gasteiger partial charge in [-0.25, -0.2) is 0 Å². The van der Waals surface area contributed by atoms with Crippen LogP contribution in [0.4, 0.5) is 0 Å². The van der Waals surface area contributed by atoms with E-state index in [9.17, 15) is 4.79 Å². The van der Waals surface area contributed by atoms with Crippen LogP contribution in [-0.2, 0) is 0 Å². The number of pyridine rings is 1. The van der Waals surface area contributed by atoms with Crippen molar-refractivity contribution in [1.29, 1.82) is 0 Å². The molecule has 4 rings (SSSR count). The maximum atomic E-state index is 11.8. The second-order valence-electron chi connectivity index (χ2n) is 7.00. The number of nitrogens with one attached hydrogen (secondary N) is 1. The van der Waals surface area contributed by atoms with Crippen molar-refractivity contribution in [2.24, 2.45) is 11.8 Å². The van der Waals surface area contributed by atoms with Crippen molar-refractivity contribution in [2.45, 2.75) is 51.6 Å². The molecule has 0 bridgehead atoms. The summed E-state index contributed by atoms with van der Waals surface area (Å²) in [6, 6.07) is 5.90. The second-order valence-corrected chi connectivity index (χ2v) is 7.00. The second kappa shape index (κ2) is 5.45. The summed E-state index contributed by atoms with van der Waals surface area (Å²) in [7, 11) is 0. The minimum absolute atomic E-state index is 0.0305. The fourth-order valence-corrected chi connectivity index (χ4v) is 3.88. The van der Waals surface area contributed by atoms with Crippen LogP contribution >= 0.6 is 0 Å². The summed E-state index contributed by atoms with van der Waals surface area (Å²) in [6.07, 6.45) is 9.94. The Kier molecular flexibility index (Phi) is 3.44. The Bertz CT molecular complexity index is 737. The van der Waals surface area contributed by atoms with Crippen LogP contribution in [0.2, 0.25) is 0 Å². The van der Waals surface area contributed by atoms with Gasteiger partial charge < -0.3 is 9.72 Å². The Hall–Kier alpha value is -1.77. The molecule has 2 aromatic rings. The number of aryl methyl sites for hydroxylation is 1. The van der Waals surface area contributed by atoms with Crippen LogP contribution in [0.5, 0.6) is 5.75 Å². The first-order chi connectivity index (χ1) is 10.7. The van der Waals surface area contributed by atoms with Gasteiger partial charge in [0, 0.05) is 11.6 Å². The average Bonchev–Trinajstić information content (AvgIpc) is 3.35. The van der Waals surface area contributed by atoms with Crippen molar-refractivity contribution in [3.63, 3.8) is 0 Å². The first kappa shape index (κ1) is 13.9. The van der Waals surface area contributed by atoms with Gasteiger partial charge in [-0.15, -0.1) is 0 Å². The van der Waals surface area contributed by atoms with E-state index in [0.717, 1.165) is 33.9 Å². The normalized spacial score (nSPS) is 25.3. The molecule has 0 unspecified atom stereocenters. The fourth-order valence-electron chi connectivity index (χ4n) is 3.88. The summed E-state index contributed by atoms with van der Waals surface area (Å²) in [6.45, 7) is 2.02. The third-order valence-corrected chi connectivity index (χ3v) is 5.37. The monoisotopic (exact) mass is 297 g/mol. The molecule has 0 amide bonds. The van der Waals surface area contributed by atoms with Crippen LogP contribution in [-0.4, -0.2) is 11.1 Å². The number of H-pyrrole nitrogens is 1. The van der Waals surface area contributed by atoms with Gasteiger partial charge in [0.05, 0.1) is 6.10 Å². The van der Waals surface area contributed by atoms with Crippen molar-refractivity contribution in [1.82, 2.24) is 4.98 Å². The van der Waals surface area contributed by atoms with Gasteiger partial charge in [-0.3, -0.25) is 4.79 Å². The maximum absolute atomic E-state index is 11.8. The smallest absolute Gasteiger partial charge is 0.255 e. The molecule has 0 radical (unpaired) electrons. The zero-order valence-electron chi connectivity index (χ0n) is 13.1. The van der Waals surface area contributed by atoms with Crippen LogP contribution < -0.4 is 10.3 Å². The number of rotatable bonds is 3. The maximum Gasteiger partial charge on any atom is 0.255 e. The highest BCUT2D eigenvalue weighted by Gasteiger charge is 2.34. The van der Waals surface area contributed by atoms with E-state index < -0.39 is 0 Å². The van der Waals surface area contributed by atoms with Gasteiger partial charge in [-0.05, 0) is 86.4 Å². The lowest BCUT2D eigenvalue weighted by Gasteiger charge is -2.29. The molecule has 0 aliphatic heterocycles. The molecule has 1 aromatic carbocycles. The molecule has 22 heavy (non-hydrogen) atoms. The molecule has 2 aliphatic carbocycles. The number of hydrogen-bond donors (Lipinski definition) is 1. The van der Waals surface area contributed by atoms with Crippen LogP contribution in [0, 0.1) is 18.8 Å². The van der Waals surface area contributed by atoms with Gasteiger partial charge in [0.2, 0.25) is 0 Å². The minimum Gasteiger partial charge on any atom is -0.490 e. The molecule has 1 aromatic heterocycles. The molecule has 2 fully saturated rings. The Labute approximate surface area is 130 Å². The number of hydrogen-bond acceptors (Lipinski definition) is 2. The lowest BCUT2D eigenvalue weighted by molar-refractivity contribution is 0.124.